The second kappa shape index (κ2) is 4.48. The lowest BCUT2D eigenvalue weighted by Crippen LogP contribution is -2.27. The fraction of sp³-hybridized carbons (Fsp3) is 0.400. The van der Waals surface area contributed by atoms with Crippen LogP contribution >= 0.6 is 23.6 Å². The minimum absolute atomic E-state index is 0.00171. The van der Waals surface area contributed by atoms with Crippen LogP contribution in [-0.4, -0.2) is 35.1 Å². The molecule has 0 aliphatic heterocycles. The molecule has 1 N–H and O–H groups in total. The van der Waals surface area contributed by atoms with Gasteiger partial charge in [0.1, 0.15) is 4.83 Å². The van der Waals surface area contributed by atoms with Crippen molar-refractivity contribution in [2.24, 2.45) is 0 Å². The van der Waals surface area contributed by atoms with E-state index in [0.717, 1.165) is 16.8 Å². The van der Waals surface area contributed by atoms with Crippen LogP contribution in [0.5, 0.6) is 0 Å². The fourth-order valence-corrected chi connectivity index (χ4v) is 2.60. The molecule has 0 saturated heterocycles. The number of likely N-dealkylation sites (N-methyl/N-ethyl adjacent to an activating group) is 1. The summed E-state index contributed by atoms with van der Waals surface area (Å²) in [5.41, 5.74) is 0.00171. The molecule has 0 aliphatic rings. The summed E-state index contributed by atoms with van der Waals surface area (Å²) in [6.45, 7) is 1.42. The topological polar surface area (TPSA) is 41.0 Å². The van der Waals surface area contributed by atoms with E-state index in [1.165, 1.54) is 11.3 Å². The highest BCUT2D eigenvalue weighted by molar-refractivity contribution is 7.71. The largest absolute Gasteiger partial charge is 0.323 e. The summed E-state index contributed by atoms with van der Waals surface area (Å²) in [6.07, 6.45) is 0. The lowest BCUT2D eigenvalue weighted by molar-refractivity contribution is 0.379. The van der Waals surface area contributed by atoms with Gasteiger partial charge in [-0.2, -0.15) is 0 Å². The summed E-state index contributed by atoms with van der Waals surface area (Å²) < 4.78 is 2.12. The van der Waals surface area contributed by atoms with Crippen LogP contribution in [0, 0.1) is 4.77 Å². The molecule has 4 nitrogen and oxygen atoms in total. The lowest BCUT2D eigenvalue weighted by Gasteiger charge is -2.11. The van der Waals surface area contributed by atoms with Gasteiger partial charge in [0, 0.05) is 13.1 Å². The molecule has 2 aromatic rings. The van der Waals surface area contributed by atoms with E-state index in [-0.39, 0.29) is 5.56 Å². The number of hydrogen-bond donors (Lipinski definition) is 1. The number of hydrogen-bond acceptors (Lipinski definition) is 4. The van der Waals surface area contributed by atoms with Crippen LogP contribution in [0.15, 0.2) is 16.2 Å². The molecule has 0 spiro atoms. The Hall–Kier alpha value is -0.980. The van der Waals surface area contributed by atoms with E-state index in [9.17, 15) is 4.79 Å². The Morgan fingerprint density at radius 1 is 1.56 bits per heavy atom. The summed E-state index contributed by atoms with van der Waals surface area (Å²) >= 11 is 6.68. The van der Waals surface area contributed by atoms with Crippen molar-refractivity contribution in [2.45, 2.75) is 6.54 Å². The number of aromatic amines is 1. The molecular weight excluding hydrogens is 242 g/mol. The monoisotopic (exact) mass is 255 g/mol. The molecule has 86 valence electrons. The van der Waals surface area contributed by atoms with E-state index >= 15 is 0 Å². The molecule has 0 atom stereocenters. The van der Waals surface area contributed by atoms with Crippen LogP contribution in [0.1, 0.15) is 0 Å². The van der Waals surface area contributed by atoms with Crippen molar-refractivity contribution >= 4 is 33.8 Å². The van der Waals surface area contributed by atoms with Gasteiger partial charge in [0.2, 0.25) is 0 Å². The predicted octanol–water partition coefficient (Wildman–Crippen LogP) is 1.68. The van der Waals surface area contributed by atoms with E-state index in [2.05, 4.69) is 4.98 Å². The quantitative estimate of drug-likeness (QED) is 0.848. The zero-order chi connectivity index (χ0) is 11.7. The first-order valence-corrected chi connectivity index (χ1v) is 6.23. The van der Waals surface area contributed by atoms with Crippen LogP contribution in [0.3, 0.4) is 0 Å². The maximum atomic E-state index is 12.1. The third-order valence-corrected chi connectivity index (χ3v) is 3.53. The standard InChI is InChI=1S/C10H13N3OS2/c1-12(2)4-5-13-9(14)7-3-6-16-8(7)11-10(13)15/h3,6H,4-5H2,1-2H3,(H,11,15). The van der Waals surface area contributed by atoms with Gasteiger partial charge >= 0.3 is 0 Å². The second-order valence-electron chi connectivity index (χ2n) is 3.85. The molecule has 0 fully saturated rings. The smallest absolute Gasteiger partial charge is 0.263 e. The van der Waals surface area contributed by atoms with E-state index in [0.29, 0.717) is 11.3 Å². The number of thiophene rings is 1. The molecule has 16 heavy (non-hydrogen) atoms. The molecule has 0 saturated carbocycles. The van der Waals surface area contributed by atoms with Gasteiger partial charge in [-0.05, 0) is 37.8 Å². The second-order valence-corrected chi connectivity index (χ2v) is 5.16. The maximum absolute atomic E-state index is 12.1. The highest BCUT2D eigenvalue weighted by Crippen LogP contribution is 2.13. The molecule has 0 bridgehead atoms. The average molecular weight is 255 g/mol. The molecule has 0 amide bonds. The minimum atomic E-state index is 0.00171. The first kappa shape index (κ1) is 11.5. The Morgan fingerprint density at radius 3 is 3.00 bits per heavy atom. The van der Waals surface area contributed by atoms with Crippen LogP contribution < -0.4 is 5.56 Å². The molecule has 6 heteroatoms. The highest BCUT2D eigenvalue weighted by atomic mass is 32.1. The van der Waals surface area contributed by atoms with Crippen molar-refractivity contribution in [2.75, 3.05) is 20.6 Å². The van der Waals surface area contributed by atoms with Crippen molar-refractivity contribution in [1.82, 2.24) is 14.5 Å². The van der Waals surface area contributed by atoms with Gasteiger partial charge in [-0.1, -0.05) is 0 Å². The van der Waals surface area contributed by atoms with Crippen molar-refractivity contribution in [3.05, 3.63) is 26.6 Å². The third-order valence-electron chi connectivity index (χ3n) is 2.38. The number of nitrogens with one attached hydrogen (secondary N) is 1. The maximum Gasteiger partial charge on any atom is 0.263 e. The molecule has 2 aromatic heterocycles. The van der Waals surface area contributed by atoms with Crippen LogP contribution in [0.4, 0.5) is 0 Å². The van der Waals surface area contributed by atoms with Crippen molar-refractivity contribution in [1.29, 1.82) is 0 Å². The number of H-pyrrole nitrogens is 1. The van der Waals surface area contributed by atoms with Gasteiger partial charge in [0.25, 0.3) is 5.56 Å². The molecular formula is C10H13N3OS2. The Morgan fingerprint density at radius 2 is 2.31 bits per heavy atom. The van der Waals surface area contributed by atoms with Gasteiger partial charge in [-0.25, -0.2) is 0 Å². The SMILES string of the molecule is CN(C)CCn1c(=S)[nH]c2sccc2c1=O. The van der Waals surface area contributed by atoms with Gasteiger partial charge in [0.15, 0.2) is 4.77 Å². The first-order chi connectivity index (χ1) is 7.59. The predicted molar refractivity (Wildman–Crippen MR) is 69.8 cm³/mol. The highest BCUT2D eigenvalue weighted by Gasteiger charge is 2.06. The minimum Gasteiger partial charge on any atom is -0.323 e. The van der Waals surface area contributed by atoms with Gasteiger partial charge in [0.05, 0.1) is 5.39 Å². The number of aromatic nitrogens is 2. The van der Waals surface area contributed by atoms with E-state index in [1.807, 2.05) is 30.4 Å². The van der Waals surface area contributed by atoms with Gasteiger partial charge in [-0.15, -0.1) is 11.3 Å². The van der Waals surface area contributed by atoms with Gasteiger partial charge in [-0.3, -0.25) is 9.36 Å². The first-order valence-electron chi connectivity index (χ1n) is 4.94. The molecule has 0 aromatic carbocycles. The Balaban J connectivity index is 2.52. The Kier molecular flexibility index (Phi) is 3.22. The lowest BCUT2D eigenvalue weighted by atomic mass is 10.4. The zero-order valence-electron chi connectivity index (χ0n) is 9.19. The van der Waals surface area contributed by atoms with E-state index < -0.39 is 0 Å². The third kappa shape index (κ3) is 2.09. The summed E-state index contributed by atoms with van der Waals surface area (Å²) in [7, 11) is 3.95. The van der Waals surface area contributed by atoms with Crippen LogP contribution in [0.25, 0.3) is 10.2 Å². The Bertz CT molecular complexity index is 608. The average Bonchev–Trinajstić information content (AvgIpc) is 2.64. The molecule has 0 aliphatic carbocycles. The molecule has 2 heterocycles. The van der Waals surface area contributed by atoms with Crippen molar-refractivity contribution < 1.29 is 0 Å². The zero-order valence-corrected chi connectivity index (χ0v) is 10.8. The van der Waals surface area contributed by atoms with Gasteiger partial charge < -0.3 is 9.88 Å². The number of fused-ring (bicyclic) bond motifs is 1. The summed E-state index contributed by atoms with van der Waals surface area (Å²) in [6, 6.07) is 1.83. The van der Waals surface area contributed by atoms with Crippen LogP contribution in [-0.2, 0) is 6.54 Å². The fourth-order valence-electron chi connectivity index (χ4n) is 1.48. The van der Waals surface area contributed by atoms with Crippen LogP contribution in [0.2, 0.25) is 0 Å². The summed E-state index contributed by atoms with van der Waals surface area (Å²) in [5.74, 6) is 0. The molecule has 2 rings (SSSR count). The summed E-state index contributed by atoms with van der Waals surface area (Å²) in [4.78, 5) is 18.1. The number of nitrogens with zero attached hydrogens (tertiary/aromatic N) is 2. The number of rotatable bonds is 3. The van der Waals surface area contributed by atoms with E-state index in [1.54, 1.807) is 4.57 Å². The Labute approximate surface area is 102 Å². The molecule has 0 radical (unpaired) electrons. The van der Waals surface area contributed by atoms with Crippen molar-refractivity contribution in [3.8, 4) is 0 Å². The van der Waals surface area contributed by atoms with Crippen molar-refractivity contribution in [3.63, 3.8) is 0 Å². The van der Waals surface area contributed by atoms with E-state index in [4.69, 9.17) is 12.2 Å². The summed E-state index contributed by atoms with van der Waals surface area (Å²) in [5, 5.41) is 2.62. The normalized spacial score (nSPS) is 11.4. The molecule has 0 unspecified atom stereocenters.